The van der Waals surface area contributed by atoms with Crippen LogP contribution in [0.15, 0.2) is 24.3 Å². The summed E-state index contributed by atoms with van der Waals surface area (Å²) in [6.45, 7) is 6.06. The summed E-state index contributed by atoms with van der Waals surface area (Å²) in [6, 6.07) is 5.26. The molecule has 1 aromatic rings. The number of carbonyl (C=O) groups is 1. The first kappa shape index (κ1) is 20.6. The molecular weight excluding hydrogens is 359 g/mol. The standard InChI is InChI=1S/C18H27FN2O4S/c1-18(2,3)25-17(22)21-10-5-4-9-16(21)12-20-26(23,24)13-14-7-6-8-15(19)11-14/h6-8,11,16,20H,4-5,9-10,12-13H2,1-3H3/t16-/m1/s1. The third-order valence-electron chi connectivity index (χ3n) is 4.04. The van der Waals surface area contributed by atoms with Crippen LogP contribution in [0.25, 0.3) is 0 Å². The molecule has 0 aromatic heterocycles. The van der Waals surface area contributed by atoms with Gasteiger partial charge in [-0.15, -0.1) is 0 Å². The van der Waals surface area contributed by atoms with Crippen molar-refractivity contribution < 1.29 is 22.3 Å². The van der Waals surface area contributed by atoms with E-state index in [4.69, 9.17) is 4.74 Å². The highest BCUT2D eigenvalue weighted by atomic mass is 32.2. The Bertz CT molecular complexity index is 731. The van der Waals surface area contributed by atoms with Crippen molar-refractivity contribution in [2.24, 2.45) is 0 Å². The van der Waals surface area contributed by atoms with Gasteiger partial charge in [-0.05, 0) is 57.7 Å². The van der Waals surface area contributed by atoms with Crippen molar-refractivity contribution >= 4 is 16.1 Å². The van der Waals surface area contributed by atoms with Gasteiger partial charge in [0.05, 0.1) is 5.75 Å². The van der Waals surface area contributed by atoms with Gasteiger partial charge in [-0.3, -0.25) is 0 Å². The summed E-state index contributed by atoms with van der Waals surface area (Å²) in [5.74, 6) is -0.773. The zero-order valence-corrected chi connectivity index (χ0v) is 16.3. The minimum Gasteiger partial charge on any atom is -0.444 e. The number of hydrogen-bond donors (Lipinski definition) is 1. The van der Waals surface area contributed by atoms with Crippen molar-refractivity contribution in [2.45, 2.75) is 57.4 Å². The molecule has 0 saturated carbocycles. The molecule has 1 aromatic carbocycles. The average molecular weight is 386 g/mol. The third kappa shape index (κ3) is 6.57. The molecule has 1 atom stereocenters. The number of nitrogens with zero attached hydrogens (tertiary/aromatic N) is 1. The fourth-order valence-corrected chi connectivity index (χ4v) is 4.06. The summed E-state index contributed by atoms with van der Waals surface area (Å²) < 4.78 is 45.8. The molecule has 2 rings (SSSR count). The first-order chi connectivity index (χ1) is 12.1. The van der Waals surface area contributed by atoms with Crippen molar-refractivity contribution in [3.8, 4) is 0 Å². The van der Waals surface area contributed by atoms with Gasteiger partial charge < -0.3 is 9.64 Å². The second-order valence-corrected chi connectivity index (χ2v) is 9.37. The van der Waals surface area contributed by atoms with Gasteiger partial charge in [0.2, 0.25) is 10.0 Å². The third-order valence-corrected chi connectivity index (χ3v) is 5.36. The highest BCUT2D eigenvalue weighted by Crippen LogP contribution is 2.20. The molecule has 1 saturated heterocycles. The molecule has 0 spiro atoms. The van der Waals surface area contributed by atoms with Crippen LogP contribution in [-0.4, -0.2) is 44.1 Å². The van der Waals surface area contributed by atoms with Crippen molar-refractivity contribution in [1.29, 1.82) is 0 Å². The Labute approximate surface area is 154 Å². The van der Waals surface area contributed by atoms with E-state index in [9.17, 15) is 17.6 Å². The molecule has 0 radical (unpaired) electrons. The number of amides is 1. The fraction of sp³-hybridized carbons (Fsp3) is 0.611. The first-order valence-corrected chi connectivity index (χ1v) is 10.4. The molecule has 26 heavy (non-hydrogen) atoms. The molecule has 1 N–H and O–H groups in total. The lowest BCUT2D eigenvalue weighted by molar-refractivity contribution is 0.0105. The molecule has 0 aliphatic carbocycles. The van der Waals surface area contributed by atoms with E-state index < -0.39 is 27.5 Å². The number of piperidine rings is 1. The summed E-state index contributed by atoms with van der Waals surface area (Å²) in [4.78, 5) is 14.0. The molecule has 1 heterocycles. The van der Waals surface area contributed by atoms with E-state index in [2.05, 4.69) is 4.72 Å². The smallest absolute Gasteiger partial charge is 0.410 e. The molecule has 1 amide bonds. The number of carbonyl (C=O) groups excluding carboxylic acids is 1. The lowest BCUT2D eigenvalue weighted by Gasteiger charge is -2.36. The minimum absolute atomic E-state index is 0.122. The van der Waals surface area contributed by atoms with Gasteiger partial charge in [-0.1, -0.05) is 12.1 Å². The van der Waals surface area contributed by atoms with Gasteiger partial charge in [0.15, 0.2) is 0 Å². The molecule has 0 bridgehead atoms. The number of benzene rings is 1. The van der Waals surface area contributed by atoms with Crippen LogP contribution in [0.4, 0.5) is 9.18 Å². The monoisotopic (exact) mass is 386 g/mol. The van der Waals surface area contributed by atoms with Crippen LogP contribution in [0.5, 0.6) is 0 Å². The number of halogens is 1. The topological polar surface area (TPSA) is 75.7 Å². The molecular formula is C18H27FN2O4S. The average Bonchev–Trinajstić information content (AvgIpc) is 2.51. The summed E-state index contributed by atoms with van der Waals surface area (Å²) in [5, 5.41) is 0. The van der Waals surface area contributed by atoms with E-state index in [0.29, 0.717) is 18.5 Å². The summed E-state index contributed by atoms with van der Waals surface area (Å²) in [5.41, 5.74) is -0.221. The Hall–Kier alpha value is -1.67. The maximum absolute atomic E-state index is 13.2. The normalized spacial score (nSPS) is 18.6. The molecule has 1 fully saturated rings. The quantitative estimate of drug-likeness (QED) is 0.844. The Morgan fingerprint density at radius 3 is 2.73 bits per heavy atom. The first-order valence-electron chi connectivity index (χ1n) is 8.77. The summed E-state index contributed by atoms with van der Waals surface area (Å²) in [6.07, 6.45) is 2.08. The van der Waals surface area contributed by atoms with E-state index in [1.54, 1.807) is 31.7 Å². The van der Waals surface area contributed by atoms with Crippen LogP contribution >= 0.6 is 0 Å². The minimum atomic E-state index is -3.63. The Morgan fingerprint density at radius 2 is 2.08 bits per heavy atom. The Balaban J connectivity index is 1.97. The predicted molar refractivity (Wildman–Crippen MR) is 97.6 cm³/mol. The molecule has 146 valence electrons. The van der Waals surface area contributed by atoms with Gasteiger partial charge in [0.25, 0.3) is 0 Å². The number of hydrogen-bond acceptors (Lipinski definition) is 4. The maximum Gasteiger partial charge on any atom is 0.410 e. The van der Waals surface area contributed by atoms with Gasteiger partial charge in [0.1, 0.15) is 11.4 Å². The maximum atomic E-state index is 13.2. The molecule has 6 nitrogen and oxygen atoms in total. The van der Waals surface area contributed by atoms with E-state index >= 15 is 0 Å². The second kappa shape index (κ2) is 8.35. The zero-order valence-electron chi connectivity index (χ0n) is 15.5. The van der Waals surface area contributed by atoms with Crippen LogP contribution in [0.3, 0.4) is 0 Å². The second-order valence-electron chi connectivity index (χ2n) is 7.56. The zero-order chi connectivity index (χ0) is 19.4. The molecule has 0 unspecified atom stereocenters. The van der Waals surface area contributed by atoms with Gasteiger partial charge in [-0.25, -0.2) is 22.3 Å². The number of rotatable bonds is 5. The van der Waals surface area contributed by atoms with Crippen molar-refractivity contribution in [1.82, 2.24) is 9.62 Å². The van der Waals surface area contributed by atoms with Crippen molar-refractivity contribution in [3.05, 3.63) is 35.6 Å². The van der Waals surface area contributed by atoms with Crippen LogP contribution in [0.2, 0.25) is 0 Å². The lowest BCUT2D eigenvalue weighted by Crippen LogP contribution is -2.50. The van der Waals surface area contributed by atoms with Gasteiger partial charge in [-0.2, -0.15) is 0 Å². The van der Waals surface area contributed by atoms with E-state index in [1.807, 2.05) is 0 Å². The fourth-order valence-electron chi connectivity index (χ4n) is 2.89. The Morgan fingerprint density at radius 1 is 1.35 bits per heavy atom. The van der Waals surface area contributed by atoms with Crippen LogP contribution < -0.4 is 4.72 Å². The highest BCUT2D eigenvalue weighted by Gasteiger charge is 2.31. The molecule has 8 heteroatoms. The highest BCUT2D eigenvalue weighted by molar-refractivity contribution is 7.88. The van der Waals surface area contributed by atoms with Gasteiger partial charge >= 0.3 is 6.09 Å². The molecule has 1 aliphatic heterocycles. The lowest BCUT2D eigenvalue weighted by atomic mass is 10.0. The Kier molecular flexibility index (Phi) is 6.63. The number of ether oxygens (including phenoxy) is 1. The van der Waals surface area contributed by atoms with Crippen LogP contribution in [0, 0.1) is 5.82 Å². The van der Waals surface area contributed by atoms with E-state index in [1.165, 1.54) is 18.2 Å². The van der Waals surface area contributed by atoms with E-state index in [-0.39, 0.29) is 18.3 Å². The number of likely N-dealkylation sites (tertiary alicyclic amines) is 1. The van der Waals surface area contributed by atoms with Crippen molar-refractivity contribution in [2.75, 3.05) is 13.1 Å². The summed E-state index contributed by atoms with van der Waals surface area (Å²) in [7, 11) is -3.63. The van der Waals surface area contributed by atoms with Crippen molar-refractivity contribution in [3.63, 3.8) is 0 Å². The molecule has 1 aliphatic rings. The predicted octanol–water partition coefficient (Wildman–Crippen LogP) is 3.03. The largest absolute Gasteiger partial charge is 0.444 e. The summed E-state index contributed by atoms with van der Waals surface area (Å²) >= 11 is 0. The van der Waals surface area contributed by atoms with Gasteiger partial charge in [0, 0.05) is 19.1 Å². The van der Waals surface area contributed by atoms with Crippen LogP contribution in [0.1, 0.15) is 45.6 Å². The number of nitrogens with one attached hydrogen (secondary N) is 1. The van der Waals surface area contributed by atoms with E-state index in [0.717, 1.165) is 12.8 Å². The SMILES string of the molecule is CC(C)(C)OC(=O)N1CCCC[C@@H]1CNS(=O)(=O)Cc1cccc(F)c1. The number of sulfonamides is 1. The van der Waals surface area contributed by atoms with Crippen LogP contribution in [-0.2, 0) is 20.5 Å².